The van der Waals surface area contributed by atoms with E-state index in [2.05, 4.69) is 67.4 Å². The molecule has 2 aromatic rings. The molecule has 1 fully saturated rings. The summed E-state index contributed by atoms with van der Waals surface area (Å²) in [7, 11) is 0. The van der Waals surface area contributed by atoms with Crippen molar-refractivity contribution in [2.45, 2.75) is 46.6 Å². The Morgan fingerprint density at radius 2 is 2.08 bits per heavy atom. The first-order valence-corrected chi connectivity index (χ1v) is 9.91. The third-order valence-corrected chi connectivity index (χ3v) is 5.33. The molecule has 5 heteroatoms. The summed E-state index contributed by atoms with van der Waals surface area (Å²) < 4.78 is 0. The average Bonchev–Trinajstić information content (AvgIpc) is 3.34. The number of aromatic nitrogens is 2. The molecule has 136 valence electrons. The van der Waals surface area contributed by atoms with Crippen molar-refractivity contribution >= 4 is 23.0 Å². The topological polar surface area (TPSA) is 41.1 Å². The molecule has 0 bridgehead atoms. The van der Waals surface area contributed by atoms with Crippen LogP contribution in [0.3, 0.4) is 0 Å². The Bertz CT molecular complexity index is 853. The quantitative estimate of drug-likeness (QED) is 0.750. The van der Waals surface area contributed by atoms with E-state index in [0.717, 1.165) is 34.5 Å². The van der Waals surface area contributed by atoms with Crippen molar-refractivity contribution in [3.63, 3.8) is 0 Å². The normalized spacial score (nSPS) is 13.3. The molecule has 0 saturated heterocycles. The van der Waals surface area contributed by atoms with Gasteiger partial charge in [0, 0.05) is 23.0 Å². The molecule has 1 saturated carbocycles. The predicted molar refractivity (Wildman–Crippen MR) is 111 cm³/mol. The predicted octanol–water partition coefficient (Wildman–Crippen LogP) is 4.73. The minimum atomic E-state index is 0.262. The van der Waals surface area contributed by atoms with Gasteiger partial charge in [0.25, 0.3) is 0 Å². The lowest BCUT2D eigenvalue weighted by Gasteiger charge is -2.26. The molecule has 0 aromatic carbocycles. The highest BCUT2D eigenvalue weighted by atomic mass is 32.1. The molecule has 2 aromatic heterocycles. The van der Waals surface area contributed by atoms with Gasteiger partial charge in [-0.05, 0) is 76.6 Å². The second-order valence-corrected chi connectivity index (χ2v) is 8.30. The largest absolute Gasteiger partial charge is 0.369 e. The van der Waals surface area contributed by atoms with E-state index in [0.29, 0.717) is 5.82 Å². The third-order valence-electron chi connectivity index (χ3n) is 4.41. The van der Waals surface area contributed by atoms with Crippen LogP contribution in [0.2, 0.25) is 0 Å². The van der Waals surface area contributed by atoms with Gasteiger partial charge in [-0.25, -0.2) is 9.97 Å². The molecule has 0 radical (unpaired) electrons. The van der Waals surface area contributed by atoms with E-state index in [1.54, 1.807) is 11.3 Å². The lowest BCUT2D eigenvalue weighted by Crippen LogP contribution is -2.27. The van der Waals surface area contributed by atoms with Crippen LogP contribution in [0.1, 0.15) is 47.8 Å². The zero-order chi connectivity index (χ0) is 18.7. The van der Waals surface area contributed by atoms with Crippen molar-refractivity contribution < 1.29 is 0 Å². The second-order valence-electron chi connectivity index (χ2n) is 7.01. The summed E-state index contributed by atoms with van der Waals surface area (Å²) in [6.07, 6.45) is 4.43. The van der Waals surface area contributed by atoms with Crippen molar-refractivity contribution in [2.24, 2.45) is 5.92 Å². The van der Waals surface area contributed by atoms with Gasteiger partial charge in [-0.15, -0.1) is 11.3 Å². The molecule has 1 aliphatic rings. The Morgan fingerprint density at radius 3 is 2.65 bits per heavy atom. The highest BCUT2D eigenvalue weighted by Crippen LogP contribution is 2.30. The van der Waals surface area contributed by atoms with Gasteiger partial charge in [-0.2, -0.15) is 0 Å². The maximum absolute atomic E-state index is 4.72. The molecule has 26 heavy (non-hydrogen) atoms. The Morgan fingerprint density at radius 1 is 1.31 bits per heavy atom. The summed E-state index contributed by atoms with van der Waals surface area (Å²) in [5, 5.41) is 3.50. The van der Waals surface area contributed by atoms with Crippen molar-refractivity contribution in [1.29, 1.82) is 0 Å². The van der Waals surface area contributed by atoms with Crippen molar-refractivity contribution in [3.8, 4) is 11.8 Å². The van der Waals surface area contributed by atoms with Gasteiger partial charge in [-0.1, -0.05) is 6.58 Å². The van der Waals surface area contributed by atoms with E-state index in [1.807, 2.05) is 12.3 Å². The first-order chi connectivity index (χ1) is 12.5. The van der Waals surface area contributed by atoms with E-state index in [4.69, 9.17) is 4.98 Å². The van der Waals surface area contributed by atoms with Crippen LogP contribution in [-0.2, 0) is 0 Å². The lowest BCUT2D eigenvalue weighted by molar-refractivity contribution is 0.764. The van der Waals surface area contributed by atoms with Crippen LogP contribution < -0.4 is 10.2 Å². The van der Waals surface area contributed by atoms with Gasteiger partial charge < -0.3 is 10.2 Å². The minimum absolute atomic E-state index is 0.262. The van der Waals surface area contributed by atoms with Gasteiger partial charge >= 0.3 is 0 Å². The standard InChI is InChI=1S/C21H26N4S/c1-6-25(14(2)3)21-16(5)20(22-13-17-8-9-17)23-19(24-21)12-11-18-10-7-15(4)26-18/h6-7,10,14,17H,1,8-9,13H2,2-5H3,(H,22,23,24). The van der Waals surface area contributed by atoms with Gasteiger partial charge in [0.15, 0.2) is 0 Å². The highest BCUT2D eigenvalue weighted by molar-refractivity contribution is 7.12. The molecular formula is C21H26N4S. The number of hydrogen-bond acceptors (Lipinski definition) is 5. The molecule has 1 N–H and O–H groups in total. The maximum Gasteiger partial charge on any atom is 0.209 e. The van der Waals surface area contributed by atoms with E-state index < -0.39 is 0 Å². The SMILES string of the molecule is C=CN(c1nc(C#Cc2ccc(C)s2)nc(NCC2CC2)c1C)C(C)C. The van der Waals surface area contributed by atoms with E-state index >= 15 is 0 Å². The first kappa shape index (κ1) is 18.5. The molecule has 1 aliphatic carbocycles. The molecule has 0 amide bonds. The van der Waals surface area contributed by atoms with Gasteiger partial charge in [0.1, 0.15) is 11.6 Å². The average molecular weight is 367 g/mol. The zero-order valence-electron chi connectivity index (χ0n) is 16.0. The number of nitrogens with one attached hydrogen (secondary N) is 1. The monoisotopic (exact) mass is 366 g/mol. The molecule has 0 aliphatic heterocycles. The number of anilines is 2. The van der Waals surface area contributed by atoms with Crippen LogP contribution in [0.15, 0.2) is 24.9 Å². The smallest absolute Gasteiger partial charge is 0.209 e. The zero-order valence-corrected chi connectivity index (χ0v) is 16.8. The van der Waals surface area contributed by atoms with Crippen molar-refractivity contribution in [1.82, 2.24) is 9.97 Å². The number of nitrogens with zero attached hydrogens (tertiary/aromatic N) is 3. The second kappa shape index (κ2) is 7.92. The summed E-state index contributed by atoms with van der Waals surface area (Å²) in [5.41, 5.74) is 1.04. The molecule has 4 nitrogen and oxygen atoms in total. The summed E-state index contributed by atoms with van der Waals surface area (Å²) in [6, 6.07) is 4.38. The maximum atomic E-state index is 4.72. The number of aryl methyl sites for hydroxylation is 1. The van der Waals surface area contributed by atoms with E-state index in [1.165, 1.54) is 17.7 Å². The minimum Gasteiger partial charge on any atom is -0.369 e. The first-order valence-electron chi connectivity index (χ1n) is 9.09. The Kier molecular flexibility index (Phi) is 5.63. The van der Waals surface area contributed by atoms with E-state index in [-0.39, 0.29) is 6.04 Å². The molecule has 0 unspecified atom stereocenters. The van der Waals surface area contributed by atoms with Gasteiger partial charge in [0.05, 0.1) is 4.88 Å². The third kappa shape index (κ3) is 4.44. The molecule has 0 atom stereocenters. The van der Waals surface area contributed by atoms with E-state index in [9.17, 15) is 0 Å². The van der Waals surface area contributed by atoms with Crippen molar-refractivity contribution in [3.05, 3.63) is 46.1 Å². The van der Waals surface area contributed by atoms with Crippen molar-refractivity contribution in [2.75, 3.05) is 16.8 Å². The fraction of sp³-hybridized carbons (Fsp3) is 0.429. The number of hydrogen-bond donors (Lipinski definition) is 1. The molecule has 2 heterocycles. The lowest BCUT2D eigenvalue weighted by atomic mass is 10.2. The van der Waals surface area contributed by atoms with Gasteiger partial charge in [-0.3, -0.25) is 0 Å². The molecular weight excluding hydrogens is 340 g/mol. The van der Waals surface area contributed by atoms with Crippen LogP contribution >= 0.6 is 11.3 Å². The number of thiophene rings is 1. The number of rotatable bonds is 6. The molecule has 0 spiro atoms. The fourth-order valence-electron chi connectivity index (χ4n) is 2.71. The van der Waals surface area contributed by atoms with Crippen LogP contribution in [0.4, 0.5) is 11.6 Å². The summed E-state index contributed by atoms with van der Waals surface area (Å²) in [6.45, 7) is 13.3. The van der Waals surface area contributed by atoms with Crippen LogP contribution in [0.25, 0.3) is 0 Å². The van der Waals surface area contributed by atoms with Crippen LogP contribution in [0.5, 0.6) is 0 Å². The summed E-state index contributed by atoms with van der Waals surface area (Å²) in [4.78, 5) is 13.8. The summed E-state index contributed by atoms with van der Waals surface area (Å²) in [5.74, 6) is 9.40. The highest BCUT2D eigenvalue weighted by Gasteiger charge is 2.22. The van der Waals surface area contributed by atoms with Crippen LogP contribution in [0, 0.1) is 31.6 Å². The Labute approximate surface area is 160 Å². The Balaban J connectivity index is 1.97. The summed E-state index contributed by atoms with van der Waals surface area (Å²) >= 11 is 1.69. The Hall–Kier alpha value is -2.32. The fourth-order valence-corrected chi connectivity index (χ4v) is 3.43. The van der Waals surface area contributed by atoms with Crippen LogP contribution in [-0.4, -0.2) is 22.6 Å². The molecule has 3 rings (SSSR count). The van der Waals surface area contributed by atoms with Gasteiger partial charge in [0.2, 0.25) is 5.82 Å².